The minimum absolute atomic E-state index is 0.436. The van der Waals surface area contributed by atoms with E-state index in [1.807, 2.05) is 24.3 Å². The van der Waals surface area contributed by atoms with Crippen LogP contribution in [0.2, 0.25) is 0 Å². The second-order valence-electron chi connectivity index (χ2n) is 2.76. The van der Waals surface area contributed by atoms with Crippen molar-refractivity contribution in [3.05, 3.63) is 35.4 Å². The van der Waals surface area contributed by atoms with E-state index in [1.165, 1.54) is 0 Å². The Hall–Kier alpha value is -1.26. The molecule has 0 radical (unpaired) electrons. The van der Waals surface area contributed by atoms with Crippen LogP contribution in [0.25, 0.3) is 0 Å². The highest BCUT2D eigenvalue weighted by Gasteiger charge is 2.04. The third kappa shape index (κ3) is 1.87. The molecule has 0 aliphatic rings. The van der Waals surface area contributed by atoms with Gasteiger partial charge in [0.1, 0.15) is 0 Å². The average Bonchev–Trinajstić information content (AvgIpc) is 2.05. The summed E-state index contributed by atoms with van der Waals surface area (Å²) in [7, 11) is 0. The maximum absolute atomic E-state index is 9.36. The van der Waals surface area contributed by atoms with E-state index in [-0.39, 0.29) is 0 Å². The maximum atomic E-state index is 9.36. The van der Waals surface area contributed by atoms with Crippen molar-refractivity contribution in [2.24, 2.45) is 0 Å². The van der Waals surface area contributed by atoms with Crippen molar-refractivity contribution in [1.29, 1.82) is 0 Å². The minimum atomic E-state index is -0.436. The zero-order chi connectivity index (χ0) is 8.97. The van der Waals surface area contributed by atoms with E-state index in [0.717, 1.165) is 11.1 Å². The molecule has 1 rings (SSSR count). The fraction of sp³-hybridized carbons (Fsp3) is 0.273. The Morgan fingerprint density at radius 3 is 2.75 bits per heavy atom. The molecule has 1 aromatic rings. The number of hydrogen-bond donors (Lipinski definition) is 1. The van der Waals surface area contributed by atoms with Crippen LogP contribution in [0, 0.1) is 12.3 Å². The Morgan fingerprint density at radius 2 is 2.17 bits per heavy atom. The van der Waals surface area contributed by atoms with E-state index in [1.54, 1.807) is 6.92 Å². The van der Waals surface area contributed by atoms with Crippen molar-refractivity contribution in [3.63, 3.8) is 0 Å². The molecule has 0 saturated heterocycles. The molecule has 1 unspecified atom stereocenters. The third-order valence-corrected chi connectivity index (χ3v) is 1.80. The largest absolute Gasteiger partial charge is 0.389 e. The Labute approximate surface area is 73.0 Å². The number of benzene rings is 1. The molecule has 0 aliphatic carbocycles. The zero-order valence-corrected chi connectivity index (χ0v) is 7.12. The van der Waals surface area contributed by atoms with Gasteiger partial charge in [0, 0.05) is 6.42 Å². The van der Waals surface area contributed by atoms with Crippen LogP contribution in [0.1, 0.15) is 24.2 Å². The van der Waals surface area contributed by atoms with Crippen molar-refractivity contribution in [2.45, 2.75) is 19.4 Å². The molecular weight excluding hydrogens is 148 g/mol. The summed E-state index contributed by atoms with van der Waals surface area (Å²) in [5, 5.41) is 9.36. The lowest BCUT2D eigenvalue weighted by molar-refractivity contribution is 0.198. The highest BCUT2D eigenvalue weighted by molar-refractivity contribution is 5.31. The second-order valence-corrected chi connectivity index (χ2v) is 2.76. The summed E-state index contributed by atoms with van der Waals surface area (Å²) in [6.07, 6.45) is 5.35. The Balaban J connectivity index is 3.02. The molecule has 0 fully saturated rings. The van der Waals surface area contributed by atoms with Crippen LogP contribution < -0.4 is 0 Å². The lowest BCUT2D eigenvalue weighted by atomic mass is 10.0. The molecule has 62 valence electrons. The first kappa shape index (κ1) is 8.83. The summed E-state index contributed by atoms with van der Waals surface area (Å²) in [6, 6.07) is 7.68. The first-order valence-electron chi connectivity index (χ1n) is 3.95. The van der Waals surface area contributed by atoms with E-state index >= 15 is 0 Å². The topological polar surface area (TPSA) is 20.2 Å². The van der Waals surface area contributed by atoms with Crippen molar-refractivity contribution < 1.29 is 5.11 Å². The third-order valence-electron chi connectivity index (χ3n) is 1.80. The van der Waals surface area contributed by atoms with Crippen LogP contribution in [-0.2, 0) is 6.42 Å². The Kier molecular flexibility index (Phi) is 2.90. The summed E-state index contributed by atoms with van der Waals surface area (Å²) >= 11 is 0. The fourth-order valence-corrected chi connectivity index (χ4v) is 1.21. The quantitative estimate of drug-likeness (QED) is 0.655. The average molecular weight is 160 g/mol. The number of hydrogen-bond acceptors (Lipinski definition) is 1. The monoisotopic (exact) mass is 160 g/mol. The molecule has 1 atom stereocenters. The molecule has 0 amide bonds. The van der Waals surface area contributed by atoms with E-state index < -0.39 is 6.10 Å². The maximum Gasteiger partial charge on any atom is 0.0764 e. The van der Waals surface area contributed by atoms with Crippen LogP contribution in [0.5, 0.6) is 0 Å². The highest BCUT2D eigenvalue weighted by Crippen LogP contribution is 2.17. The van der Waals surface area contributed by atoms with Gasteiger partial charge in [-0.25, -0.2) is 0 Å². The van der Waals surface area contributed by atoms with Gasteiger partial charge < -0.3 is 5.11 Å². The van der Waals surface area contributed by atoms with Crippen LogP contribution in [0.3, 0.4) is 0 Å². The normalized spacial score (nSPS) is 12.1. The molecule has 1 aromatic carbocycles. The SMILES string of the molecule is C#CCc1ccccc1C(C)O. The summed E-state index contributed by atoms with van der Waals surface area (Å²) in [5.41, 5.74) is 1.96. The summed E-state index contributed by atoms with van der Waals surface area (Å²) in [6.45, 7) is 1.75. The van der Waals surface area contributed by atoms with Gasteiger partial charge in [-0.1, -0.05) is 24.3 Å². The predicted octanol–water partition coefficient (Wildman–Crippen LogP) is 1.92. The van der Waals surface area contributed by atoms with Gasteiger partial charge in [0.25, 0.3) is 0 Å². The Bertz CT molecular complexity index is 294. The van der Waals surface area contributed by atoms with Crippen molar-refractivity contribution >= 4 is 0 Å². The lowest BCUT2D eigenvalue weighted by Crippen LogP contribution is -1.96. The number of rotatable bonds is 2. The van der Waals surface area contributed by atoms with Crippen molar-refractivity contribution in [3.8, 4) is 12.3 Å². The summed E-state index contributed by atoms with van der Waals surface area (Å²) < 4.78 is 0. The smallest absolute Gasteiger partial charge is 0.0764 e. The molecule has 0 bridgehead atoms. The van der Waals surface area contributed by atoms with Gasteiger partial charge in [-0.15, -0.1) is 12.3 Å². The van der Waals surface area contributed by atoms with E-state index in [2.05, 4.69) is 5.92 Å². The van der Waals surface area contributed by atoms with Gasteiger partial charge in [0.05, 0.1) is 6.10 Å². The number of aliphatic hydroxyl groups excluding tert-OH is 1. The molecule has 12 heavy (non-hydrogen) atoms. The fourth-order valence-electron chi connectivity index (χ4n) is 1.21. The molecule has 0 spiro atoms. The number of terminal acetylenes is 1. The van der Waals surface area contributed by atoms with E-state index in [9.17, 15) is 5.11 Å². The lowest BCUT2D eigenvalue weighted by Gasteiger charge is -2.08. The molecule has 0 aromatic heterocycles. The van der Waals surface area contributed by atoms with Crippen LogP contribution in [0.4, 0.5) is 0 Å². The molecule has 0 heterocycles. The second kappa shape index (κ2) is 3.94. The Morgan fingerprint density at radius 1 is 1.50 bits per heavy atom. The molecule has 1 heteroatoms. The number of aliphatic hydroxyl groups is 1. The van der Waals surface area contributed by atoms with Gasteiger partial charge in [-0.2, -0.15) is 0 Å². The van der Waals surface area contributed by atoms with Gasteiger partial charge >= 0.3 is 0 Å². The first-order chi connectivity index (χ1) is 5.75. The van der Waals surface area contributed by atoms with Gasteiger partial charge in [0.15, 0.2) is 0 Å². The van der Waals surface area contributed by atoms with Gasteiger partial charge in [-0.3, -0.25) is 0 Å². The van der Waals surface area contributed by atoms with Gasteiger partial charge in [0.2, 0.25) is 0 Å². The highest BCUT2D eigenvalue weighted by atomic mass is 16.3. The molecule has 1 N–H and O–H groups in total. The summed E-state index contributed by atoms with van der Waals surface area (Å²) in [4.78, 5) is 0. The van der Waals surface area contributed by atoms with Crippen LogP contribution >= 0.6 is 0 Å². The van der Waals surface area contributed by atoms with Crippen molar-refractivity contribution in [1.82, 2.24) is 0 Å². The molecular formula is C11H12O. The van der Waals surface area contributed by atoms with E-state index in [4.69, 9.17) is 6.42 Å². The van der Waals surface area contributed by atoms with E-state index in [0.29, 0.717) is 6.42 Å². The molecule has 0 aliphatic heterocycles. The summed E-state index contributed by atoms with van der Waals surface area (Å²) in [5.74, 6) is 2.57. The first-order valence-corrected chi connectivity index (χ1v) is 3.95. The molecule has 0 saturated carbocycles. The zero-order valence-electron chi connectivity index (χ0n) is 7.12. The molecule has 1 nitrogen and oxygen atoms in total. The minimum Gasteiger partial charge on any atom is -0.389 e. The standard InChI is InChI=1S/C11H12O/c1-3-6-10-7-4-5-8-11(10)9(2)12/h1,4-5,7-9,12H,6H2,2H3. The predicted molar refractivity (Wildman–Crippen MR) is 49.6 cm³/mol. The van der Waals surface area contributed by atoms with Gasteiger partial charge in [-0.05, 0) is 18.1 Å². The van der Waals surface area contributed by atoms with Crippen LogP contribution in [0.15, 0.2) is 24.3 Å². The van der Waals surface area contributed by atoms with Crippen molar-refractivity contribution in [2.75, 3.05) is 0 Å². The van der Waals surface area contributed by atoms with Crippen LogP contribution in [-0.4, -0.2) is 5.11 Å².